The Labute approximate surface area is 157 Å². The van der Waals surface area contributed by atoms with Gasteiger partial charge in [-0.2, -0.15) is 5.10 Å². The Morgan fingerprint density at radius 2 is 1.92 bits per heavy atom. The molecule has 0 spiro atoms. The summed E-state index contributed by atoms with van der Waals surface area (Å²) in [4.78, 5) is 13.6. The van der Waals surface area contributed by atoms with Gasteiger partial charge >= 0.3 is 0 Å². The number of hydrogen-bond donors (Lipinski definition) is 1. The number of nitrogens with zero attached hydrogens (tertiary/aromatic N) is 2. The van der Waals surface area contributed by atoms with Gasteiger partial charge in [-0.05, 0) is 17.7 Å². The summed E-state index contributed by atoms with van der Waals surface area (Å²) < 4.78 is 0. The Kier molecular flexibility index (Phi) is 5.74. The second-order valence-electron chi connectivity index (χ2n) is 6.24. The van der Waals surface area contributed by atoms with Crippen molar-refractivity contribution in [3.8, 4) is 0 Å². The summed E-state index contributed by atoms with van der Waals surface area (Å²) in [5.41, 5.74) is 3.10. The standard InChI is InChI=1S/C19H19Cl2N3O/c1-23(12-14-7-8-16(20)17(21)11-14)13-19(25)24-10-9-18(22-24)15-5-3-2-4-6-15/h2-8,11H,9-10,12-13H2,1H3/p+1. The third-order valence-electron chi connectivity index (χ3n) is 4.14. The second-order valence-corrected chi connectivity index (χ2v) is 7.05. The second kappa shape index (κ2) is 8.00. The number of hydrazone groups is 1. The fraction of sp³-hybridized carbons (Fsp3) is 0.263. The summed E-state index contributed by atoms with van der Waals surface area (Å²) in [6.45, 7) is 1.72. The average Bonchev–Trinajstić information content (AvgIpc) is 3.09. The fourth-order valence-electron chi connectivity index (χ4n) is 2.88. The summed E-state index contributed by atoms with van der Waals surface area (Å²) >= 11 is 12.0. The highest BCUT2D eigenvalue weighted by molar-refractivity contribution is 6.42. The van der Waals surface area contributed by atoms with Gasteiger partial charge in [0.15, 0.2) is 6.54 Å². The molecule has 0 saturated heterocycles. The number of likely N-dealkylation sites (N-methyl/N-ethyl adjacent to an activating group) is 1. The Morgan fingerprint density at radius 1 is 1.16 bits per heavy atom. The molecular formula is C19H20Cl2N3O+. The van der Waals surface area contributed by atoms with E-state index in [2.05, 4.69) is 5.10 Å². The van der Waals surface area contributed by atoms with Crippen molar-refractivity contribution >= 4 is 34.8 Å². The van der Waals surface area contributed by atoms with Gasteiger partial charge in [-0.15, -0.1) is 0 Å². The Morgan fingerprint density at radius 3 is 2.64 bits per heavy atom. The molecule has 0 aliphatic carbocycles. The van der Waals surface area contributed by atoms with E-state index in [-0.39, 0.29) is 5.91 Å². The van der Waals surface area contributed by atoms with E-state index >= 15 is 0 Å². The summed E-state index contributed by atoms with van der Waals surface area (Å²) in [7, 11) is 1.98. The summed E-state index contributed by atoms with van der Waals surface area (Å²) in [5, 5.41) is 7.15. The molecule has 3 rings (SSSR count). The molecule has 2 aromatic rings. The molecule has 0 radical (unpaired) electrons. The molecule has 1 atom stereocenters. The van der Waals surface area contributed by atoms with Crippen molar-refractivity contribution < 1.29 is 9.69 Å². The summed E-state index contributed by atoms with van der Waals surface area (Å²) in [5.74, 6) is 0.0310. The molecule has 1 N–H and O–H groups in total. The van der Waals surface area contributed by atoms with E-state index in [9.17, 15) is 4.79 Å². The van der Waals surface area contributed by atoms with Crippen LogP contribution in [0.2, 0.25) is 10.0 Å². The number of amides is 1. The lowest BCUT2D eigenvalue weighted by Gasteiger charge is -2.17. The summed E-state index contributed by atoms with van der Waals surface area (Å²) in [6.07, 6.45) is 0.793. The van der Waals surface area contributed by atoms with Gasteiger partial charge in [0.05, 0.1) is 29.3 Å². The maximum Gasteiger partial charge on any atom is 0.297 e. The molecule has 1 unspecified atom stereocenters. The number of carbonyl (C=O) groups is 1. The number of hydrogen-bond acceptors (Lipinski definition) is 2. The van der Waals surface area contributed by atoms with Gasteiger partial charge in [0, 0.05) is 12.0 Å². The average molecular weight is 377 g/mol. The van der Waals surface area contributed by atoms with Gasteiger partial charge in [-0.1, -0.05) is 59.6 Å². The van der Waals surface area contributed by atoms with Crippen molar-refractivity contribution in [2.24, 2.45) is 5.10 Å². The quantitative estimate of drug-likeness (QED) is 0.855. The van der Waals surface area contributed by atoms with Crippen LogP contribution in [0, 0.1) is 0 Å². The van der Waals surface area contributed by atoms with Gasteiger partial charge in [-0.25, -0.2) is 5.01 Å². The topological polar surface area (TPSA) is 37.1 Å². The highest BCUT2D eigenvalue weighted by Crippen LogP contribution is 2.22. The van der Waals surface area contributed by atoms with E-state index < -0.39 is 0 Å². The molecule has 0 bridgehead atoms. The van der Waals surface area contributed by atoms with E-state index in [1.807, 2.05) is 49.5 Å². The van der Waals surface area contributed by atoms with Crippen molar-refractivity contribution in [3.63, 3.8) is 0 Å². The molecule has 0 fully saturated rings. The van der Waals surface area contributed by atoms with E-state index in [1.165, 1.54) is 0 Å². The molecular weight excluding hydrogens is 357 g/mol. The Bertz CT molecular complexity index is 793. The normalized spacial score (nSPS) is 15.2. The van der Waals surface area contributed by atoms with Crippen LogP contribution in [0.25, 0.3) is 0 Å². The number of benzene rings is 2. The first-order valence-corrected chi connectivity index (χ1v) is 8.97. The van der Waals surface area contributed by atoms with Crippen molar-refractivity contribution in [2.45, 2.75) is 13.0 Å². The van der Waals surface area contributed by atoms with Crippen LogP contribution in [-0.4, -0.2) is 36.8 Å². The van der Waals surface area contributed by atoms with E-state index in [4.69, 9.17) is 23.2 Å². The third-order valence-corrected chi connectivity index (χ3v) is 4.88. The van der Waals surface area contributed by atoms with Crippen LogP contribution in [0.15, 0.2) is 53.6 Å². The van der Waals surface area contributed by atoms with Crippen molar-refractivity contribution in [1.29, 1.82) is 0 Å². The first kappa shape index (κ1) is 17.9. The monoisotopic (exact) mass is 376 g/mol. The highest BCUT2D eigenvalue weighted by atomic mass is 35.5. The SMILES string of the molecule is C[NH+](CC(=O)N1CCC(c2ccccc2)=N1)Cc1ccc(Cl)c(Cl)c1. The molecule has 0 aromatic heterocycles. The molecule has 1 amide bonds. The van der Waals surface area contributed by atoms with Crippen molar-refractivity contribution in [1.82, 2.24) is 5.01 Å². The lowest BCUT2D eigenvalue weighted by Crippen LogP contribution is -3.08. The number of quaternary nitrogens is 1. The van der Waals surface area contributed by atoms with Crippen LogP contribution in [0.4, 0.5) is 0 Å². The lowest BCUT2D eigenvalue weighted by atomic mass is 10.1. The summed E-state index contributed by atoms with van der Waals surface area (Å²) in [6, 6.07) is 15.6. The molecule has 1 heterocycles. The van der Waals surface area contributed by atoms with Gasteiger partial charge in [-0.3, -0.25) is 4.79 Å². The van der Waals surface area contributed by atoms with Gasteiger partial charge in [0.1, 0.15) is 6.54 Å². The molecule has 6 heteroatoms. The minimum absolute atomic E-state index is 0.0310. The maximum atomic E-state index is 12.5. The van der Waals surface area contributed by atoms with Crippen molar-refractivity contribution in [2.75, 3.05) is 20.1 Å². The molecule has 130 valence electrons. The number of nitrogens with one attached hydrogen (secondary N) is 1. The van der Waals surface area contributed by atoms with Crippen molar-refractivity contribution in [3.05, 3.63) is 69.7 Å². The predicted octanol–water partition coefficient (Wildman–Crippen LogP) is 2.64. The van der Waals surface area contributed by atoms with Crippen LogP contribution in [0.1, 0.15) is 17.5 Å². The van der Waals surface area contributed by atoms with Gasteiger partial charge in [0.2, 0.25) is 0 Å². The largest absolute Gasteiger partial charge is 0.326 e. The number of halogens is 2. The predicted molar refractivity (Wildman–Crippen MR) is 101 cm³/mol. The maximum absolute atomic E-state index is 12.5. The highest BCUT2D eigenvalue weighted by Gasteiger charge is 2.24. The van der Waals surface area contributed by atoms with Crippen LogP contribution in [0.5, 0.6) is 0 Å². The first-order valence-electron chi connectivity index (χ1n) is 8.21. The Hall–Kier alpha value is -1.88. The first-order chi connectivity index (χ1) is 12.0. The van der Waals surface area contributed by atoms with Crippen LogP contribution >= 0.6 is 23.2 Å². The van der Waals surface area contributed by atoms with Crippen LogP contribution in [0.3, 0.4) is 0 Å². The zero-order valence-corrected chi connectivity index (χ0v) is 15.5. The lowest BCUT2D eigenvalue weighted by molar-refractivity contribution is -0.885. The number of carbonyl (C=O) groups excluding carboxylic acids is 1. The minimum Gasteiger partial charge on any atom is -0.326 e. The Balaban J connectivity index is 1.58. The van der Waals surface area contributed by atoms with Crippen LogP contribution in [-0.2, 0) is 11.3 Å². The smallest absolute Gasteiger partial charge is 0.297 e. The number of rotatable bonds is 5. The van der Waals surface area contributed by atoms with E-state index in [0.717, 1.165) is 28.2 Å². The minimum atomic E-state index is 0.0310. The molecule has 25 heavy (non-hydrogen) atoms. The molecule has 0 saturated carbocycles. The van der Waals surface area contributed by atoms with Gasteiger partial charge in [0.25, 0.3) is 5.91 Å². The molecule has 1 aliphatic heterocycles. The molecule has 4 nitrogen and oxygen atoms in total. The third kappa shape index (κ3) is 4.60. The zero-order valence-electron chi connectivity index (χ0n) is 14.0. The van der Waals surface area contributed by atoms with Crippen LogP contribution < -0.4 is 4.90 Å². The molecule has 2 aromatic carbocycles. The van der Waals surface area contributed by atoms with Gasteiger partial charge < -0.3 is 4.90 Å². The molecule has 1 aliphatic rings. The van der Waals surface area contributed by atoms with E-state index in [0.29, 0.717) is 29.7 Å². The zero-order chi connectivity index (χ0) is 17.8. The van der Waals surface area contributed by atoms with E-state index in [1.54, 1.807) is 11.1 Å². The fourth-order valence-corrected chi connectivity index (χ4v) is 3.20.